The van der Waals surface area contributed by atoms with Crippen molar-refractivity contribution in [2.24, 2.45) is 0 Å². The number of aromatic nitrogens is 1. The summed E-state index contributed by atoms with van der Waals surface area (Å²) in [7, 11) is 0. The van der Waals surface area contributed by atoms with Crippen molar-refractivity contribution in [3.8, 4) is 11.5 Å². The molecule has 4 rings (SSSR count). The van der Waals surface area contributed by atoms with Crippen molar-refractivity contribution < 1.29 is 28.9 Å². The average Bonchev–Trinajstić information content (AvgIpc) is 3.23. The van der Waals surface area contributed by atoms with Crippen LogP contribution in [-0.4, -0.2) is 27.8 Å². The van der Waals surface area contributed by atoms with E-state index in [2.05, 4.69) is 4.98 Å². The van der Waals surface area contributed by atoms with Crippen LogP contribution >= 0.6 is 23.2 Å². The fourth-order valence-electron chi connectivity index (χ4n) is 3.28. The number of carbonyl (C=O) groups is 1. The molecule has 0 bridgehead atoms. The molecule has 0 aliphatic carbocycles. The second-order valence-corrected chi connectivity index (χ2v) is 8.49. The molecule has 1 heterocycles. The summed E-state index contributed by atoms with van der Waals surface area (Å²) in [4.78, 5) is 15.1. The molecule has 0 aliphatic heterocycles. The van der Waals surface area contributed by atoms with Crippen LogP contribution in [0.3, 0.4) is 0 Å². The Hall–Kier alpha value is -3.26. The smallest absolute Gasteiger partial charge is 0.303 e. The van der Waals surface area contributed by atoms with Crippen LogP contribution in [-0.2, 0) is 17.8 Å². The number of benzene rings is 3. The van der Waals surface area contributed by atoms with Crippen molar-refractivity contribution in [3.63, 3.8) is 0 Å². The molecule has 176 valence electrons. The highest BCUT2D eigenvalue weighted by atomic mass is 35.5. The molecule has 1 aromatic heterocycles. The molecule has 0 aliphatic rings. The molecule has 7 nitrogen and oxygen atoms in total. The number of nitrogens with zero attached hydrogens (tertiary/aromatic N) is 1. The lowest BCUT2D eigenvalue weighted by Gasteiger charge is -2.11. The molecule has 1 unspecified atom stereocenters. The number of oxazole rings is 1. The second kappa shape index (κ2) is 10.8. The summed E-state index contributed by atoms with van der Waals surface area (Å²) in [6.45, 7) is 0.259. The molecule has 3 aromatic carbocycles. The molecular formula is C25H21Cl2NO6. The molecule has 0 fully saturated rings. The van der Waals surface area contributed by atoms with Crippen LogP contribution in [0.2, 0.25) is 10.0 Å². The Morgan fingerprint density at radius 3 is 2.29 bits per heavy atom. The number of aliphatic hydroxyl groups is 1. The summed E-state index contributed by atoms with van der Waals surface area (Å²) in [6, 6.07) is 17.5. The standard InChI is InChI=1S/C25H21Cl2NO6/c26-17-9-16(10-18(27)12-17)13-32-19-3-5-20(6-4-19)33-14-22(29)25-28-21-11-15(2-8-24(30)31)1-7-23(21)34-25/h1,3-7,9-12,22,29H,2,8,13-14H2,(H,30,31). The van der Waals surface area contributed by atoms with Crippen LogP contribution in [0.5, 0.6) is 11.5 Å². The molecule has 1 atom stereocenters. The minimum Gasteiger partial charge on any atom is -0.490 e. The number of fused-ring (bicyclic) bond motifs is 1. The number of aliphatic hydroxyl groups excluding tert-OH is 1. The van der Waals surface area contributed by atoms with Gasteiger partial charge >= 0.3 is 5.97 Å². The number of carboxylic acid groups (broad SMARTS) is 1. The van der Waals surface area contributed by atoms with Crippen LogP contribution in [0, 0.1) is 0 Å². The number of rotatable bonds is 10. The van der Waals surface area contributed by atoms with E-state index < -0.39 is 12.1 Å². The summed E-state index contributed by atoms with van der Waals surface area (Å²) in [6.07, 6.45) is -0.643. The predicted octanol–water partition coefficient (Wildman–Crippen LogP) is 5.84. The molecule has 0 saturated carbocycles. The third-order valence-electron chi connectivity index (χ3n) is 4.94. The van der Waals surface area contributed by atoms with Gasteiger partial charge in [-0.2, -0.15) is 0 Å². The van der Waals surface area contributed by atoms with Gasteiger partial charge in [0.15, 0.2) is 11.7 Å². The first-order chi connectivity index (χ1) is 16.4. The Kier molecular flexibility index (Phi) is 7.57. The number of aryl methyl sites for hydroxylation is 1. The van der Waals surface area contributed by atoms with Gasteiger partial charge in [-0.25, -0.2) is 4.98 Å². The zero-order valence-electron chi connectivity index (χ0n) is 17.9. The molecule has 0 amide bonds. The van der Waals surface area contributed by atoms with Gasteiger partial charge in [0.25, 0.3) is 0 Å². The summed E-state index contributed by atoms with van der Waals surface area (Å²) in [5, 5.41) is 20.4. The first-order valence-electron chi connectivity index (χ1n) is 10.5. The van der Waals surface area contributed by atoms with Crippen molar-refractivity contribution in [3.05, 3.63) is 87.7 Å². The molecular weight excluding hydrogens is 481 g/mol. The van der Waals surface area contributed by atoms with Crippen LogP contribution < -0.4 is 9.47 Å². The zero-order valence-corrected chi connectivity index (χ0v) is 19.4. The second-order valence-electron chi connectivity index (χ2n) is 7.61. The molecule has 0 saturated heterocycles. The Morgan fingerprint density at radius 2 is 1.62 bits per heavy atom. The highest BCUT2D eigenvalue weighted by molar-refractivity contribution is 6.34. The van der Waals surface area contributed by atoms with Crippen molar-refractivity contribution in [2.45, 2.75) is 25.6 Å². The Bertz CT molecular complexity index is 1270. The van der Waals surface area contributed by atoms with E-state index in [0.29, 0.717) is 45.7 Å². The number of ether oxygens (including phenoxy) is 2. The molecule has 4 aromatic rings. The van der Waals surface area contributed by atoms with Crippen molar-refractivity contribution in [1.82, 2.24) is 4.98 Å². The van der Waals surface area contributed by atoms with E-state index in [9.17, 15) is 9.90 Å². The molecule has 34 heavy (non-hydrogen) atoms. The minimum absolute atomic E-state index is 0.0332. The van der Waals surface area contributed by atoms with E-state index in [-0.39, 0.29) is 18.9 Å². The maximum Gasteiger partial charge on any atom is 0.303 e. The fourth-order valence-corrected chi connectivity index (χ4v) is 3.85. The summed E-state index contributed by atoms with van der Waals surface area (Å²) in [5.74, 6) is 0.454. The van der Waals surface area contributed by atoms with Crippen molar-refractivity contribution in [1.29, 1.82) is 0 Å². The number of carboxylic acids is 1. The Balaban J connectivity index is 1.31. The maximum atomic E-state index is 10.8. The SMILES string of the molecule is O=C(O)CCc1ccc2oc(C(O)COc3ccc(OCc4cc(Cl)cc(Cl)c4)cc3)nc2c1. The number of hydrogen-bond donors (Lipinski definition) is 2. The van der Waals surface area contributed by atoms with E-state index in [1.54, 1.807) is 60.7 Å². The number of hydrogen-bond acceptors (Lipinski definition) is 6. The highest BCUT2D eigenvalue weighted by Gasteiger charge is 2.17. The average molecular weight is 502 g/mol. The van der Waals surface area contributed by atoms with Gasteiger partial charge in [0.1, 0.15) is 30.2 Å². The van der Waals surface area contributed by atoms with Crippen LogP contribution in [0.4, 0.5) is 0 Å². The van der Waals surface area contributed by atoms with Gasteiger partial charge in [0, 0.05) is 16.5 Å². The maximum absolute atomic E-state index is 10.8. The topological polar surface area (TPSA) is 102 Å². The molecule has 0 spiro atoms. The van der Waals surface area contributed by atoms with Crippen molar-refractivity contribution in [2.75, 3.05) is 6.61 Å². The quantitative estimate of drug-likeness (QED) is 0.281. The lowest BCUT2D eigenvalue weighted by atomic mass is 10.1. The van der Waals surface area contributed by atoms with Crippen LogP contribution in [0.1, 0.15) is 29.5 Å². The molecule has 9 heteroatoms. The van der Waals surface area contributed by atoms with Gasteiger partial charge < -0.3 is 24.1 Å². The monoisotopic (exact) mass is 501 g/mol. The summed E-state index contributed by atoms with van der Waals surface area (Å²) >= 11 is 12.0. The predicted molar refractivity (Wildman–Crippen MR) is 128 cm³/mol. The third-order valence-corrected chi connectivity index (χ3v) is 5.38. The van der Waals surface area contributed by atoms with Gasteiger partial charge in [0.2, 0.25) is 5.89 Å². The van der Waals surface area contributed by atoms with Gasteiger partial charge in [-0.3, -0.25) is 4.79 Å². The normalized spacial score (nSPS) is 12.0. The zero-order chi connectivity index (χ0) is 24.1. The fraction of sp³-hybridized carbons (Fsp3) is 0.200. The van der Waals surface area contributed by atoms with E-state index in [4.69, 9.17) is 42.2 Å². The Morgan fingerprint density at radius 1 is 0.941 bits per heavy atom. The van der Waals surface area contributed by atoms with Crippen LogP contribution in [0.15, 0.2) is 65.1 Å². The highest BCUT2D eigenvalue weighted by Crippen LogP contribution is 2.25. The first kappa shape index (κ1) is 23.9. The third kappa shape index (κ3) is 6.41. The lowest BCUT2D eigenvalue weighted by Crippen LogP contribution is -2.09. The Labute approximate surface area is 205 Å². The summed E-state index contributed by atoms with van der Waals surface area (Å²) < 4.78 is 17.0. The van der Waals surface area contributed by atoms with Gasteiger partial charge in [-0.15, -0.1) is 0 Å². The van der Waals surface area contributed by atoms with Crippen molar-refractivity contribution >= 4 is 40.3 Å². The van der Waals surface area contributed by atoms with Gasteiger partial charge in [-0.1, -0.05) is 29.3 Å². The lowest BCUT2D eigenvalue weighted by molar-refractivity contribution is -0.136. The van der Waals surface area contributed by atoms with E-state index in [1.165, 1.54) is 0 Å². The summed E-state index contributed by atoms with van der Waals surface area (Å²) in [5.41, 5.74) is 2.75. The van der Waals surface area contributed by atoms with Crippen LogP contribution in [0.25, 0.3) is 11.1 Å². The van der Waals surface area contributed by atoms with Gasteiger partial charge in [0.05, 0.1) is 0 Å². The first-order valence-corrected chi connectivity index (χ1v) is 11.2. The molecule has 0 radical (unpaired) electrons. The van der Waals surface area contributed by atoms with E-state index in [1.807, 2.05) is 0 Å². The number of halogens is 2. The minimum atomic E-state index is -1.07. The molecule has 2 N–H and O–H groups in total. The van der Waals surface area contributed by atoms with E-state index in [0.717, 1.165) is 11.1 Å². The largest absolute Gasteiger partial charge is 0.490 e. The van der Waals surface area contributed by atoms with Gasteiger partial charge in [-0.05, 0) is 72.1 Å². The number of aliphatic carboxylic acids is 1. The van der Waals surface area contributed by atoms with E-state index >= 15 is 0 Å².